The molecule has 0 aromatic heterocycles. The van der Waals surface area contributed by atoms with Crippen molar-refractivity contribution in [1.29, 1.82) is 5.26 Å². The zero-order chi connectivity index (χ0) is 17.8. The molecule has 0 N–H and O–H groups in total. The van der Waals surface area contributed by atoms with Gasteiger partial charge in [-0.2, -0.15) is 5.26 Å². The van der Waals surface area contributed by atoms with Crippen molar-refractivity contribution in [3.63, 3.8) is 0 Å². The van der Waals surface area contributed by atoms with Crippen LogP contribution in [0.5, 0.6) is 0 Å². The Balaban J connectivity index is 1.95. The third kappa shape index (κ3) is 3.75. The third-order valence-corrected chi connectivity index (χ3v) is 5.26. The van der Waals surface area contributed by atoms with E-state index in [1.807, 2.05) is 31.2 Å². The van der Waals surface area contributed by atoms with Gasteiger partial charge >= 0.3 is 0 Å². The number of carbonyl (C=O) groups excluding carboxylic acids is 1. The first-order valence-electron chi connectivity index (χ1n) is 8.24. The standard InChI is InChI=1S/C20H19N3OS/c1-3-18-13-25-20(22-17-9-7-14(2)8-10-17)23(18)19(24)16-6-4-5-15(11-16)12-21/h4-11,18H,3,13H2,1-2H3/t18-/m1/s1. The van der Waals surface area contributed by atoms with Crippen LogP contribution in [0.25, 0.3) is 0 Å². The predicted octanol–water partition coefficient (Wildman–Crippen LogP) is 4.52. The monoisotopic (exact) mass is 349 g/mol. The van der Waals surface area contributed by atoms with Crippen LogP contribution in [0.4, 0.5) is 5.69 Å². The number of aliphatic imine (C=N–C) groups is 1. The van der Waals surface area contributed by atoms with Crippen molar-refractivity contribution in [2.24, 2.45) is 4.99 Å². The van der Waals surface area contributed by atoms with Crippen molar-refractivity contribution in [3.8, 4) is 6.07 Å². The van der Waals surface area contributed by atoms with E-state index in [-0.39, 0.29) is 11.9 Å². The number of hydrogen-bond donors (Lipinski definition) is 0. The first kappa shape index (κ1) is 17.2. The van der Waals surface area contributed by atoms with Crippen LogP contribution in [-0.4, -0.2) is 27.8 Å². The van der Waals surface area contributed by atoms with E-state index in [9.17, 15) is 4.79 Å². The minimum absolute atomic E-state index is 0.0974. The Bertz CT molecular complexity index is 852. The molecule has 0 aliphatic carbocycles. The molecule has 2 aromatic rings. The van der Waals surface area contributed by atoms with Crippen LogP contribution in [0, 0.1) is 18.3 Å². The summed E-state index contributed by atoms with van der Waals surface area (Å²) in [7, 11) is 0. The zero-order valence-electron chi connectivity index (χ0n) is 14.3. The van der Waals surface area contributed by atoms with Gasteiger partial charge in [0.2, 0.25) is 0 Å². The highest BCUT2D eigenvalue weighted by Gasteiger charge is 2.34. The molecule has 0 bridgehead atoms. The van der Waals surface area contributed by atoms with Gasteiger partial charge in [0.25, 0.3) is 5.91 Å². The van der Waals surface area contributed by atoms with Gasteiger partial charge < -0.3 is 0 Å². The van der Waals surface area contributed by atoms with Gasteiger partial charge in [0.05, 0.1) is 17.3 Å². The number of aryl methyl sites for hydroxylation is 1. The van der Waals surface area contributed by atoms with Gasteiger partial charge in [-0.3, -0.25) is 9.69 Å². The molecule has 126 valence electrons. The highest BCUT2D eigenvalue weighted by Crippen LogP contribution is 2.30. The summed E-state index contributed by atoms with van der Waals surface area (Å²) in [6.45, 7) is 4.11. The Morgan fingerprint density at radius 2 is 2.08 bits per heavy atom. The molecule has 1 atom stereocenters. The highest BCUT2D eigenvalue weighted by atomic mass is 32.2. The van der Waals surface area contributed by atoms with E-state index in [1.165, 1.54) is 5.56 Å². The van der Waals surface area contributed by atoms with Gasteiger partial charge in [0, 0.05) is 17.4 Å². The summed E-state index contributed by atoms with van der Waals surface area (Å²) in [5, 5.41) is 9.80. The summed E-state index contributed by atoms with van der Waals surface area (Å²) in [4.78, 5) is 19.5. The van der Waals surface area contributed by atoms with Crippen LogP contribution < -0.4 is 0 Å². The minimum atomic E-state index is -0.0974. The molecule has 1 aliphatic rings. The van der Waals surface area contributed by atoms with E-state index in [0.29, 0.717) is 11.1 Å². The van der Waals surface area contributed by atoms with E-state index < -0.39 is 0 Å². The molecule has 1 fully saturated rings. The molecular weight excluding hydrogens is 330 g/mol. The van der Waals surface area contributed by atoms with Gasteiger partial charge in [-0.05, 0) is 43.7 Å². The lowest BCUT2D eigenvalue weighted by Crippen LogP contribution is -2.39. The number of thioether (sulfide) groups is 1. The molecule has 0 spiro atoms. The molecular formula is C20H19N3OS. The smallest absolute Gasteiger partial charge is 0.260 e. The number of nitriles is 1. The molecule has 0 saturated carbocycles. The second-order valence-corrected chi connectivity index (χ2v) is 6.96. The van der Waals surface area contributed by atoms with Crippen LogP contribution in [0.1, 0.15) is 34.8 Å². The second kappa shape index (κ2) is 7.54. The van der Waals surface area contributed by atoms with Gasteiger partial charge in [0.15, 0.2) is 5.17 Å². The summed E-state index contributed by atoms with van der Waals surface area (Å²) in [5.74, 6) is 0.741. The van der Waals surface area contributed by atoms with E-state index in [2.05, 4.69) is 18.0 Å². The summed E-state index contributed by atoms with van der Waals surface area (Å²) < 4.78 is 0. The molecule has 4 nitrogen and oxygen atoms in total. The fourth-order valence-corrected chi connectivity index (χ4v) is 3.97. The van der Waals surface area contributed by atoms with E-state index in [0.717, 1.165) is 23.0 Å². The highest BCUT2D eigenvalue weighted by molar-refractivity contribution is 8.14. The Hall–Kier alpha value is -2.58. The lowest BCUT2D eigenvalue weighted by molar-refractivity contribution is 0.0819. The number of hydrogen-bond acceptors (Lipinski definition) is 4. The molecule has 1 aliphatic heterocycles. The first-order chi connectivity index (χ1) is 12.1. The van der Waals surface area contributed by atoms with E-state index >= 15 is 0 Å². The third-order valence-electron chi connectivity index (χ3n) is 4.16. The van der Waals surface area contributed by atoms with E-state index in [1.54, 1.807) is 40.9 Å². The number of rotatable bonds is 3. The number of benzene rings is 2. The van der Waals surface area contributed by atoms with Crippen LogP contribution in [0.2, 0.25) is 0 Å². The molecule has 5 heteroatoms. The fraction of sp³-hybridized carbons (Fsp3) is 0.250. The zero-order valence-corrected chi connectivity index (χ0v) is 15.1. The maximum Gasteiger partial charge on any atom is 0.260 e. The van der Waals surface area contributed by atoms with Crippen LogP contribution in [-0.2, 0) is 0 Å². The summed E-state index contributed by atoms with van der Waals surface area (Å²) >= 11 is 1.61. The number of amides is 1. The summed E-state index contributed by atoms with van der Waals surface area (Å²) in [5.41, 5.74) is 3.03. The molecule has 0 radical (unpaired) electrons. The Morgan fingerprint density at radius 1 is 1.32 bits per heavy atom. The maximum absolute atomic E-state index is 13.1. The van der Waals surface area contributed by atoms with Crippen LogP contribution in [0.15, 0.2) is 53.5 Å². The lowest BCUT2D eigenvalue weighted by atomic mass is 10.1. The summed E-state index contributed by atoms with van der Waals surface area (Å²) in [6, 6.07) is 17.0. The maximum atomic E-state index is 13.1. The van der Waals surface area contributed by atoms with Crippen LogP contribution >= 0.6 is 11.8 Å². The Kier molecular flexibility index (Phi) is 5.20. The molecule has 0 unspecified atom stereocenters. The number of nitrogens with zero attached hydrogens (tertiary/aromatic N) is 3. The normalized spacial score (nSPS) is 18.4. The second-order valence-electron chi connectivity index (χ2n) is 5.97. The molecule has 1 heterocycles. The molecule has 1 amide bonds. The van der Waals surface area contributed by atoms with Crippen molar-refractivity contribution in [3.05, 3.63) is 65.2 Å². The lowest BCUT2D eigenvalue weighted by Gasteiger charge is -2.23. The Labute approximate surface area is 152 Å². The van der Waals surface area contributed by atoms with Gasteiger partial charge in [0.1, 0.15) is 0 Å². The van der Waals surface area contributed by atoms with Gasteiger partial charge in [-0.15, -0.1) is 0 Å². The van der Waals surface area contributed by atoms with Gasteiger partial charge in [-0.1, -0.05) is 42.4 Å². The number of carbonyl (C=O) groups is 1. The number of amidine groups is 1. The quantitative estimate of drug-likeness (QED) is 0.818. The average Bonchev–Trinajstić information content (AvgIpc) is 3.05. The van der Waals surface area contributed by atoms with Crippen LogP contribution in [0.3, 0.4) is 0 Å². The topological polar surface area (TPSA) is 56.5 Å². The Morgan fingerprint density at radius 3 is 2.76 bits per heavy atom. The van der Waals surface area contributed by atoms with Gasteiger partial charge in [-0.25, -0.2) is 4.99 Å². The fourth-order valence-electron chi connectivity index (χ4n) is 2.70. The molecule has 2 aromatic carbocycles. The van der Waals surface area contributed by atoms with Crippen molar-refractivity contribution in [2.45, 2.75) is 26.3 Å². The van der Waals surface area contributed by atoms with Crippen molar-refractivity contribution in [2.75, 3.05) is 5.75 Å². The summed E-state index contributed by atoms with van der Waals surface area (Å²) in [6.07, 6.45) is 0.865. The van der Waals surface area contributed by atoms with Crippen molar-refractivity contribution < 1.29 is 4.79 Å². The SMILES string of the molecule is CC[C@@H]1CSC(=Nc2ccc(C)cc2)N1C(=O)c1cccc(C#N)c1. The molecule has 1 saturated heterocycles. The average molecular weight is 349 g/mol. The van der Waals surface area contributed by atoms with E-state index in [4.69, 9.17) is 5.26 Å². The molecule has 3 rings (SSSR count). The largest absolute Gasteiger partial charge is 0.283 e. The van der Waals surface area contributed by atoms with Crippen molar-refractivity contribution in [1.82, 2.24) is 4.90 Å². The molecule has 25 heavy (non-hydrogen) atoms. The first-order valence-corrected chi connectivity index (χ1v) is 9.23. The predicted molar refractivity (Wildman–Crippen MR) is 102 cm³/mol. The van der Waals surface area contributed by atoms with Crippen molar-refractivity contribution >= 4 is 28.5 Å². The minimum Gasteiger partial charge on any atom is -0.283 e.